The summed E-state index contributed by atoms with van der Waals surface area (Å²) in [4.78, 5) is 14.3. The molecule has 0 bridgehead atoms. The molecule has 4 nitrogen and oxygen atoms in total. The van der Waals surface area contributed by atoms with E-state index in [2.05, 4.69) is 17.1 Å². The number of aryl methyl sites for hydroxylation is 1. The largest absolute Gasteiger partial charge is 0.328 e. The number of hydrogen-bond acceptors (Lipinski definition) is 3. The molecule has 1 fully saturated rings. The molecular formula is C16H24ClN3O. The zero-order chi connectivity index (χ0) is 15.4. The van der Waals surface area contributed by atoms with Crippen molar-refractivity contribution in [2.75, 3.05) is 25.0 Å². The molecule has 5 heteroatoms. The number of rotatable bonds is 4. The Morgan fingerprint density at radius 2 is 2.14 bits per heavy atom. The maximum atomic E-state index is 12.1. The molecular weight excluding hydrogens is 286 g/mol. The van der Waals surface area contributed by atoms with Crippen molar-refractivity contribution in [3.8, 4) is 0 Å². The van der Waals surface area contributed by atoms with E-state index in [-0.39, 0.29) is 11.9 Å². The van der Waals surface area contributed by atoms with Gasteiger partial charge in [-0.2, -0.15) is 0 Å². The fourth-order valence-electron chi connectivity index (χ4n) is 2.75. The zero-order valence-corrected chi connectivity index (χ0v) is 13.5. The number of amides is 1. The predicted octanol–water partition coefficient (Wildman–Crippen LogP) is 2.65. The third kappa shape index (κ3) is 4.70. The third-order valence-corrected chi connectivity index (χ3v) is 4.45. The van der Waals surface area contributed by atoms with Gasteiger partial charge in [-0.3, -0.25) is 9.69 Å². The molecule has 0 spiro atoms. The summed E-state index contributed by atoms with van der Waals surface area (Å²) in [7, 11) is 0. The van der Waals surface area contributed by atoms with Crippen molar-refractivity contribution < 1.29 is 4.79 Å². The smallest absolute Gasteiger partial charge is 0.238 e. The molecule has 1 aliphatic rings. The number of halogens is 1. The summed E-state index contributed by atoms with van der Waals surface area (Å²) in [6, 6.07) is 5.88. The molecule has 2 rings (SSSR count). The maximum Gasteiger partial charge on any atom is 0.238 e. The Balaban J connectivity index is 1.83. The third-order valence-electron chi connectivity index (χ3n) is 4.14. The van der Waals surface area contributed by atoms with E-state index in [1.54, 1.807) is 0 Å². The highest BCUT2D eigenvalue weighted by atomic mass is 35.5. The van der Waals surface area contributed by atoms with Crippen molar-refractivity contribution in [1.29, 1.82) is 0 Å². The van der Waals surface area contributed by atoms with E-state index >= 15 is 0 Å². The second-order valence-corrected chi connectivity index (χ2v) is 6.41. The summed E-state index contributed by atoms with van der Waals surface area (Å²) in [6.45, 7) is 6.31. The molecule has 1 aliphatic heterocycles. The first-order valence-electron chi connectivity index (χ1n) is 7.49. The minimum atomic E-state index is -0.0139. The van der Waals surface area contributed by atoms with Crippen LogP contribution in [0.25, 0.3) is 0 Å². The van der Waals surface area contributed by atoms with Gasteiger partial charge >= 0.3 is 0 Å². The Kier molecular flexibility index (Phi) is 5.62. The molecule has 0 radical (unpaired) electrons. The summed E-state index contributed by atoms with van der Waals surface area (Å²) in [5.41, 5.74) is 7.69. The first-order chi connectivity index (χ1) is 9.95. The minimum Gasteiger partial charge on any atom is -0.328 e. The number of nitrogens with zero attached hydrogens (tertiary/aromatic N) is 1. The van der Waals surface area contributed by atoms with E-state index in [0.717, 1.165) is 31.5 Å². The van der Waals surface area contributed by atoms with Crippen LogP contribution in [0.15, 0.2) is 18.2 Å². The zero-order valence-electron chi connectivity index (χ0n) is 12.7. The van der Waals surface area contributed by atoms with E-state index in [9.17, 15) is 4.79 Å². The van der Waals surface area contributed by atoms with E-state index in [1.165, 1.54) is 0 Å². The van der Waals surface area contributed by atoms with Crippen LogP contribution in [-0.2, 0) is 4.79 Å². The fraction of sp³-hybridized carbons (Fsp3) is 0.562. The van der Waals surface area contributed by atoms with E-state index in [0.29, 0.717) is 23.2 Å². The van der Waals surface area contributed by atoms with Crippen LogP contribution in [0.3, 0.4) is 0 Å². The van der Waals surface area contributed by atoms with Crippen molar-refractivity contribution in [2.24, 2.45) is 11.7 Å². The van der Waals surface area contributed by atoms with Gasteiger partial charge in [0.25, 0.3) is 0 Å². The van der Waals surface area contributed by atoms with Gasteiger partial charge in [-0.15, -0.1) is 0 Å². The molecule has 1 heterocycles. The number of likely N-dealkylation sites (tertiary alicyclic amines) is 1. The minimum absolute atomic E-state index is 0.0139. The van der Waals surface area contributed by atoms with Gasteiger partial charge in [-0.05, 0) is 63.4 Å². The molecule has 0 aromatic heterocycles. The van der Waals surface area contributed by atoms with Crippen LogP contribution in [0.5, 0.6) is 0 Å². The van der Waals surface area contributed by atoms with Gasteiger partial charge in [0.15, 0.2) is 0 Å². The lowest BCUT2D eigenvalue weighted by Crippen LogP contribution is -2.42. The second-order valence-electron chi connectivity index (χ2n) is 6.00. The summed E-state index contributed by atoms with van der Waals surface area (Å²) in [5, 5.41) is 3.46. The molecule has 0 saturated carbocycles. The highest BCUT2D eigenvalue weighted by molar-refractivity contribution is 6.33. The molecule has 1 aromatic rings. The summed E-state index contributed by atoms with van der Waals surface area (Å²) < 4.78 is 0. The van der Waals surface area contributed by atoms with Gasteiger partial charge in [0, 0.05) is 6.04 Å². The van der Waals surface area contributed by atoms with Crippen LogP contribution in [0.1, 0.15) is 25.3 Å². The van der Waals surface area contributed by atoms with Gasteiger partial charge in [0.05, 0.1) is 17.3 Å². The molecule has 1 amide bonds. The number of carbonyl (C=O) groups excluding carboxylic acids is 1. The van der Waals surface area contributed by atoms with Crippen molar-refractivity contribution in [3.63, 3.8) is 0 Å². The Morgan fingerprint density at radius 1 is 1.48 bits per heavy atom. The predicted molar refractivity (Wildman–Crippen MR) is 87.6 cm³/mol. The number of hydrogen-bond donors (Lipinski definition) is 2. The highest BCUT2D eigenvalue weighted by Crippen LogP contribution is 2.23. The fourth-order valence-corrected chi connectivity index (χ4v) is 3.03. The van der Waals surface area contributed by atoms with Crippen molar-refractivity contribution >= 4 is 23.2 Å². The monoisotopic (exact) mass is 309 g/mol. The lowest BCUT2D eigenvalue weighted by atomic mass is 9.91. The highest BCUT2D eigenvalue weighted by Gasteiger charge is 2.23. The summed E-state index contributed by atoms with van der Waals surface area (Å²) in [6.07, 6.45) is 2.13. The van der Waals surface area contributed by atoms with Crippen LogP contribution in [-0.4, -0.2) is 36.5 Å². The van der Waals surface area contributed by atoms with Crippen molar-refractivity contribution in [3.05, 3.63) is 28.8 Å². The molecule has 1 unspecified atom stereocenters. The molecule has 21 heavy (non-hydrogen) atoms. The lowest BCUT2D eigenvalue weighted by molar-refractivity contribution is -0.117. The van der Waals surface area contributed by atoms with E-state index < -0.39 is 0 Å². The van der Waals surface area contributed by atoms with Gasteiger partial charge in [-0.1, -0.05) is 17.7 Å². The van der Waals surface area contributed by atoms with Crippen molar-refractivity contribution in [1.82, 2.24) is 4.90 Å². The quantitative estimate of drug-likeness (QED) is 0.899. The molecule has 3 N–H and O–H groups in total. The topological polar surface area (TPSA) is 58.4 Å². The standard InChI is InChI=1S/C16H24ClN3O/c1-11-3-4-15(14(17)9-11)19-16(21)10-20-7-5-13(6-8-20)12(2)18/h3-4,9,12-13H,5-8,10,18H2,1-2H3,(H,19,21). The Hall–Kier alpha value is -1.10. The van der Waals surface area contributed by atoms with Crippen LogP contribution in [0.2, 0.25) is 5.02 Å². The second kappa shape index (κ2) is 7.25. The van der Waals surface area contributed by atoms with Gasteiger partial charge < -0.3 is 11.1 Å². The van der Waals surface area contributed by atoms with Gasteiger partial charge in [-0.25, -0.2) is 0 Å². The number of benzene rings is 1. The number of piperidine rings is 1. The molecule has 116 valence electrons. The molecule has 1 atom stereocenters. The first kappa shape index (κ1) is 16.3. The lowest BCUT2D eigenvalue weighted by Gasteiger charge is -2.33. The molecule has 1 aromatic carbocycles. The number of nitrogens with one attached hydrogen (secondary N) is 1. The number of nitrogens with two attached hydrogens (primary N) is 1. The van der Waals surface area contributed by atoms with Crippen molar-refractivity contribution in [2.45, 2.75) is 32.7 Å². The Morgan fingerprint density at radius 3 is 2.71 bits per heavy atom. The van der Waals surface area contributed by atoms with E-state index in [4.69, 9.17) is 17.3 Å². The molecule has 1 saturated heterocycles. The average molecular weight is 310 g/mol. The Labute approximate surface area is 131 Å². The maximum absolute atomic E-state index is 12.1. The first-order valence-corrected chi connectivity index (χ1v) is 7.87. The van der Waals surface area contributed by atoms with Crippen LogP contribution in [0, 0.1) is 12.8 Å². The van der Waals surface area contributed by atoms with Crippen LogP contribution in [0.4, 0.5) is 5.69 Å². The van der Waals surface area contributed by atoms with Crippen LogP contribution >= 0.6 is 11.6 Å². The summed E-state index contributed by atoms with van der Waals surface area (Å²) >= 11 is 6.13. The SMILES string of the molecule is Cc1ccc(NC(=O)CN2CCC(C(C)N)CC2)c(Cl)c1. The van der Waals surface area contributed by atoms with Crippen LogP contribution < -0.4 is 11.1 Å². The normalized spacial score (nSPS) is 18.5. The van der Waals surface area contributed by atoms with Gasteiger partial charge in [0.2, 0.25) is 5.91 Å². The number of carbonyl (C=O) groups is 1. The number of anilines is 1. The van der Waals surface area contributed by atoms with E-state index in [1.807, 2.05) is 25.1 Å². The van der Waals surface area contributed by atoms with Gasteiger partial charge in [0.1, 0.15) is 0 Å². The average Bonchev–Trinajstić information content (AvgIpc) is 2.42. The molecule has 0 aliphatic carbocycles. The summed E-state index contributed by atoms with van der Waals surface area (Å²) in [5.74, 6) is 0.566. The Bertz CT molecular complexity index is 496.